The fourth-order valence-corrected chi connectivity index (χ4v) is 2.18. The van der Waals surface area contributed by atoms with Gasteiger partial charge in [-0.2, -0.15) is 0 Å². The van der Waals surface area contributed by atoms with E-state index in [2.05, 4.69) is 17.6 Å². The SMILES string of the molecule is C[C@H]1C[C@@H](C(=O)Nc2cccc(F)c2)CCN1.Cl. The molecule has 1 aromatic carbocycles. The molecule has 0 aliphatic carbocycles. The zero-order valence-electron chi connectivity index (χ0n) is 10.3. The monoisotopic (exact) mass is 272 g/mol. The lowest BCUT2D eigenvalue weighted by Gasteiger charge is -2.27. The molecule has 2 atom stereocenters. The number of carbonyl (C=O) groups excluding carboxylic acids is 1. The van der Waals surface area contributed by atoms with E-state index in [-0.39, 0.29) is 30.0 Å². The Morgan fingerprint density at radius 3 is 2.94 bits per heavy atom. The molecule has 1 aliphatic rings. The summed E-state index contributed by atoms with van der Waals surface area (Å²) in [6.07, 6.45) is 1.67. The summed E-state index contributed by atoms with van der Waals surface area (Å²) in [4.78, 5) is 12.0. The van der Waals surface area contributed by atoms with Gasteiger partial charge < -0.3 is 10.6 Å². The van der Waals surface area contributed by atoms with Crippen LogP contribution in [0.25, 0.3) is 0 Å². The second-order valence-corrected chi connectivity index (χ2v) is 4.58. The van der Waals surface area contributed by atoms with E-state index in [1.165, 1.54) is 12.1 Å². The quantitative estimate of drug-likeness (QED) is 0.869. The molecule has 0 spiro atoms. The zero-order chi connectivity index (χ0) is 12.3. The maximum atomic E-state index is 13.0. The molecule has 5 heteroatoms. The molecule has 0 unspecified atom stereocenters. The van der Waals surface area contributed by atoms with Crippen LogP contribution in [0.5, 0.6) is 0 Å². The lowest BCUT2D eigenvalue weighted by atomic mass is 9.92. The van der Waals surface area contributed by atoms with Gasteiger partial charge in [0.25, 0.3) is 0 Å². The summed E-state index contributed by atoms with van der Waals surface area (Å²) in [5, 5.41) is 6.07. The summed E-state index contributed by atoms with van der Waals surface area (Å²) in [5.41, 5.74) is 0.529. The third-order valence-corrected chi connectivity index (χ3v) is 3.09. The molecule has 2 N–H and O–H groups in total. The van der Waals surface area contributed by atoms with Crippen LogP contribution >= 0.6 is 12.4 Å². The molecule has 1 saturated heterocycles. The standard InChI is InChI=1S/C13H17FN2O.ClH/c1-9-7-10(5-6-15-9)13(17)16-12-4-2-3-11(14)8-12;/h2-4,8-10,15H,5-7H2,1H3,(H,16,17);1H/t9-,10-;/m0./s1. The number of amides is 1. The number of rotatable bonds is 2. The van der Waals surface area contributed by atoms with Gasteiger partial charge in [0.2, 0.25) is 5.91 Å². The van der Waals surface area contributed by atoms with Crippen molar-refractivity contribution in [2.24, 2.45) is 5.92 Å². The summed E-state index contributed by atoms with van der Waals surface area (Å²) >= 11 is 0. The van der Waals surface area contributed by atoms with Gasteiger partial charge in [-0.1, -0.05) is 6.07 Å². The molecule has 2 rings (SSSR count). The number of anilines is 1. The third kappa shape index (κ3) is 3.96. The number of benzene rings is 1. The van der Waals surface area contributed by atoms with Gasteiger partial charge in [0.15, 0.2) is 0 Å². The molecule has 3 nitrogen and oxygen atoms in total. The number of carbonyl (C=O) groups is 1. The summed E-state index contributed by atoms with van der Waals surface area (Å²) in [7, 11) is 0. The molecule has 0 radical (unpaired) electrons. The number of halogens is 2. The number of piperidine rings is 1. The minimum Gasteiger partial charge on any atom is -0.326 e. The molecule has 1 fully saturated rings. The van der Waals surface area contributed by atoms with Crippen LogP contribution in [0.1, 0.15) is 19.8 Å². The maximum Gasteiger partial charge on any atom is 0.227 e. The van der Waals surface area contributed by atoms with Crippen molar-refractivity contribution in [1.29, 1.82) is 0 Å². The Kier molecular flexibility index (Phi) is 5.56. The van der Waals surface area contributed by atoms with Crippen LogP contribution in [0.4, 0.5) is 10.1 Å². The van der Waals surface area contributed by atoms with Crippen LogP contribution in [0.3, 0.4) is 0 Å². The van der Waals surface area contributed by atoms with Gasteiger partial charge in [0.05, 0.1) is 0 Å². The van der Waals surface area contributed by atoms with Crippen LogP contribution in [0, 0.1) is 11.7 Å². The Hall–Kier alpha value is -1.13. The molecule has 0 bridgehead atoms. The number of hydrogen-bond donors (Lipinski definition) is 2. The molecule has 0 aromatic heterocycles. The van der Waals surface area contributed by atoms with Crippen molar-refractivity contribution >= 4 is 24.0 Å². The van der Waals surface area contributed by atoms with Gasteiger partial charge in [-0.25, -0.2) is 4.39 Å². The van der Waals surface area contributed by atoms with Gasteiger partial charge >= 0.3 is 0 Å². The minimum atomic E-state index is -0.332. The first kappa shape index (κ1) is 14.9. The Morgan fingerprint density at radius 2 is 2.28 bits per heavy atom. The van der Waals surface area contributed by atoms with Crippen molar-refractivity contribution in [3.63, 3.8) is 0 Å². The average molecular weight is 273 g/mol. The van der Waals surface area contributed by atoms with Crippen molar-refractivity contribution in [1.82, 2.24) is 5.32 Å². The Morgan fingerprint density at radius 1 is 1.50 bits per heavy atom. The minimum absolute atomic E-state index is 0. The fraction of sp³-hybridized carbons (Fsp3) is 0.462. The van der Waals surface area contributed by atoms with E-state index in [1.54, 1.807) is 12.1 Å². The number of nitrogens with one attached hydrogen (secondary N) is 2. The predicted molar refractivity (Wildman–Crippen MR) is 72.5 cm³/mol. The second kappa shape index (κ2) is 6.71. The Labute approximate surface area is 113 Å². The van der Waals surface area contributed by atoms with E-state index in [0.717, 1.165) is 19.4 Å². The topological polar surface area (TPSA) is 41.1 Å². The predicted octanol–water partition coefficient (Wildman–Crippen LogP) is 2.57. The molecule has 1 aromatic rings. The normalized spacial score (nSPS) is 23.0. The van der Waals surface area contributed by atoms with Crippen LogP contribution in [0.2, 0.25) is 0 Å². The van der Waals surface area contributed by atoms with E-state index >= 15 is 0 Å². The zero-order valence-corrected chi connectivity index (χ0v) is 11.1. The highest BCUT2D eigenvalue weighted by Crippen LogP contribution is 2.18. The van der Waals surface area contributed by atoms with Crippen molar-refractivity contribution in [3.8, 4) is 0 Å². The lowest BCUT2D eigenvalue weighted by molar-refractivity contribution is -0.120. The van der Waals surface area contributed by atoms with Gasteiger partial charge in [-0.3, -0.25) is 4.79 Å². The van der Waals surface area contributed by atoms with E-state index in [9.17, 15) is 9.18 Å². The molecule has 1 aliphatic heterocycles. The fourth-order valence-electron chi connectivity index (χ4n) is 2.18. The highest BCUT2D eigenvalue weighted by atomic mass is 35.5. The van der Waals surface area contributed by atoms with Crippen LogP contribution in [0.15, 0.2) is 24.3 Å². The largest absolute Gasteiger partial charge is 0.326 e. The highest BCUT2D eigenvalue weighted by molar-refractivity contribution is 5.92. The third-order valence-electron chi connectivity index (χ3n) is 3.09. The van der Waals surface area contributed by atoms with Gasteiger partial charge in [-0.05, 0) is 44.5 Å². The lowest BCUT2D eigenvalue weighted by Crippen LogP contribution is -2.40. The smallest absolute Gasteiger partial charge is 0.227 e. The first-order valence-corrected chi connectivity index (χ1v) is 5.95. The van der Waals surface area contributed by atoms with Crippen LogP contribution in [-0.4, -0.2) is 18.5 Å². The molecule has 0 saturated carbocycles. The average Bonchev–Trinajstić information content (AvgIpc) is 2.29. The Bertz CT molecular complexity index is 414. The van der Waals surface area contributed by atoms with Gasteiger partial charge in [-0.15, -0.1) is 12.4 Å². The van der Waals surface area contributed by atoms with E-state index in [1.807, 2.05) is 0 Å². The van der Waals surface area contributed by atoms with Gasteiger partial charge in [0.1, 0.15) is 5.82 Å². The summed E-state index contributed by atoms with van der Waals surface area (Å²) in [6, 6.07) is 6.36. The molecule has 1 heterocycles. The van der Waals surface area contributed by atoms with Crippen molar-refractivity contribution in [2.45, 2.75) is 25.8 Å². The second-order valence-electron chi connectivity index (χ2n) is 4.58. The van der Waals surface area contributed by atoms with Gasteiger partial charge in [0, 0.05) is 17.6 Å². The number of hydrogen-bond acceptors (Lipinski definition) is 2. The summed E-state index contributed by atoms with van der Waals surface area (Å²) in [5.74, 6) is -0.319. The highest BCUT2D eigenvalue weighted by Gasteiger charge is 2.24. The van der Waals surface area contributed by atoms with E-state index in [0.29, 0.717) is 11.7 Å². The summed E-state index contributed by atoms with van der Waals surface area (Å²) < 4.78 is 13.0. The Balaban J connectivity index is 0.00000162. The summed E-state index contributed by atoms with van der Waals surface area (Å²) in [6.45, 7) is 2.93. The van der Waals surface area contributed by atoms with Crippen LogP contribution in [-0.2, 0) is 4.79 Å². The molecular weight excluding hydrogens is 255 g/mol. The van der Waals surface area contributed by atoms with Crippen molar-refractivity contribution in [2.75, 3.05) is 11.9 Å². The van der Waals surface area contributed by atoms with E-state index in [4.69, 9.17) is 0 Å². The molecule has 1 amide bonds. The first-order chi connectivity index (χ1) is 8.15. The van der Waals surface area contributed by atoms with Crippen molar-refractivity contribution < 1.29 is 9.18 Å². The van der Waals surface area contributed by atoms with E-state index < -0.39 is 0 Å². The maximum absolute atomic E-state index is 13.0. The molecule has 18 heavy (non-hydrogen) atoms. The first-order valence-electron chi connectivity index (χ1n) is 5.95. The molecular formula is C13H18ClFN2O. The van der Waals surface area contributed by atoms with Crippen molar-refractivity contribution in [3.05, 3.63) is 30.1 Å². The van der Waals surface area contributed by atoms with Crippen LogP contribution < -0.4 is 10.6 Å². The molecule has 100 valence electrons.